The van der Waals surface area contributed by atoms with Gasteiger partial charge in [0.15, 0.2) is 5.78 Å². The molecule has 0 fully saturated rings. The molecule has 1 heterocycles. The molecule has 0 amide bonds. The van der Waals surface area contributed by atoms with Crippen LogP contribution in [0.15, 0.2) is 109 Å². The van der Waals surface area contributed by atoms with E-state index in [0.29, 0.717) is 12.2 Å². The fourth-order valence-corrected chi connectivity index (χ4v) is 3.05. The van der Waals surface area contributed by atoms with Crippen molar-refractivity contribution in [1.82, 2.24) is 4.57 Å². The van der Waals surface area contributed by atoms with Gasteiger partial charge >= 0.3 is 0 Å². The Morgan fingerprint density at radius 2 is 1.48 bits per heavy atom. The van der Waals surface area contributed by atoms with Crippen LogP contribution < -0.4 is 4.74 Å². The van der Waals surface area contributed by atoms with Crippen LogP contribution in [0.1, 0.15) is 21.5 Å². The van der Waals surface area contributed by atoms with E-state index in [1.807, 2.05) is 114 Å². The molecule has 4 aromatic rings. The van der Waals surface area contributed by atoms with Crippen LogP contribution >= 0.6 is 0 Å². The van der Waals surface area contributed by atoms with Gasteiger partial charge in [0, 0.05) is 29.2 Å². The van der Waals surface area contributed by atoms with Crippen LogP contribution in [0.2, 0.25) is 0 Å². The number of allylic oxidation sites excluding steroid dienone is 1. The maximum Gasteiger partial charge on any atom is 0.185 e. The predicted octanol–water partition coefficient (Wildman–Crippen LogP) is 5.95. The van der Waals surface area contributed by atoms with Gasteiger partial charge in [0.25, 0.3) is 0 Å². The Kier molecular flexibility index (Phi) is 5.68. The topological polar surface area (TPSA) is 31.2 Å². The number of aromatic nitrogens is 1. The van der Waals surface area contributed by atoms with Crippen LogP contribution in [0.3, 0.4) is 0 Å². The summed E-state index contributed by atoms with van der Waals surface area (Å²) < 4.78 is 7.96. The monoisotopic (exact) mass is 379 g/mol. The molecule has 0 aliphatic rings. The highest BCUT2D eigenvalue weighted by Crippen LogP contribution is 2.21. The minimum Gasteiger partial charge on any atom is -0.488 e. The van der Waals surface area contributed by atoms with E-state index >= 15 is 0 Å². The van der Waals surface area contributed by atoms with Crippen LogP contribution in [-0.4, -0.2) is 10.4 Å². The van der Waals surface area contributed by atoms with Gasteiger partial charge in [-0.3, -0.25) is 4.79 Å². The molecule has 0 radical (unpaired) electrons. The number of nitrogens with zero attached hydrogens (tertiary/aromatic N) is 1. The Bertz CT molecular complexity index is 1100. The fraction of sp³-hybridized carbons (Fsp3) is 0.0385. The Hall–Kier alpha value is -3.85. The van der Waals surface area contributed by atoms with E-state index in [4.69, 9.17) is 4.74 Å². The van der Waals surface area contributed by atoms with Crippen LogP contribution in [0.25, 0.3) is 11.8 Å². The van der Waals surface area contributed by atoms with Gasteiger partial charge in [0.1, 0.15) is 12.4 Å². The van der Waals surface area contributed by atoms with E-state index < -0.39 is 0 Å². The molecule has 29 heavy (non-hydrogen) atoms. The molecule has 142 valence electrons. The van der Waals surface area contributed by atoms with Crippen molar-refractivity contribution in [2.75, 3.05) is 0 Å². The number of para-hydroxylation sites is 1. The lowest BCUT2D eigenvalue weighted by Crippen LogP contribution is -1.98. The van der Waals surface area contributed by atoms with Crippen molar-refractivity contribution in [2.45, 2.75) is 6.61 Å². The van der Waals surface area contributed by atoms with Crippen molar-refractivity contribution in [2.24, 2.45) is 0 Å². The lowest BCUT2D eigenvalue weighted by atomic mass is 10.1. The van der Waals surface area contributed by atoms with Crippen molar-refractivity contribution < 1.29 is 9.53 Å². The molecule has 0 atom stereocenters. The second-order valence-electron chi connectivity index (χ2n) is 6.65. The summed E-state index contributed by atoms with van der Waals surface area (Å²) in [5, 5.41) is 0. The van der Waals surface area contributed by atoms with Crippen molar-refractivity contribution in [1.29, 1.82) is 0 Å². The molecule has 3 aromatic carbocycles. The molecule has 0 spiro atoms. The van der Waals surface area contributed by atoms with Gasteiger partial charge in [-0.25, -0.2) is 0 Å². The number of ether oxygens (including phenoxy) is 1. The standard InChI is InChI=1S/C26H21NO2/c28-25(22-12-15-24(16-13-22)27-18-6-7-19-27)17-14-23-10-4-5-11-26(23)29-20-21-8-2-1-3-9-21/h1-19H,20H2/b17-14+. The average molecular weight is 379 g/mol. The molecule has 0 aliphatic heterocycles. The summed E-state index contributed by atoms with van der Waals surface area (Å²) in [6, 6.07) is 29.3. The van der Waals surface area contributed by atoms with Crippen molar-refractivity contribution >= 4 is 11.9 Å². The molecule has 0 N–H and O–H groups in total. The second-order valence-corrected chi connectivity index (χ2v) is 6.65. The summed E-state index contributed by atoms with van der Waals surface area (Å²) in [5.41, 5.74) is 3.65. The van der Waals surface area contributed by atoms with Gasteiger partial charge in [0.05, 0.1) is 0 Å². The summed E-state index contributed by atoms with van der Waals surface area (Å²) in [6.07, 6.45) is 7.35. The number of hydrogen-bond donors (Lipinski definition) is 0. The number of ketones is 1. The minimum absolute atomic E-state index is 0.0399. The Labute approximate surface area is 170 Å². The van der Waals surface area contributed by atoms with Gasteiger partial charge in [-0.2, -0.15) is 0 Å². The number of hydrogen-bond acceptors (Lipinski definition) is 2. The van der Waals surface area contributed by atoms with Crippen molar-refractivity contribution in [3.05, 3.63) is 126 Å². The van der Waals surface area contributed by atoms with Gasteiger partial charge in [-0.1, -0.05) is 48.5 Å². The van der Waals surface area contributed by atoms with E-state index in [2.05, 4.69) is 0 Å². The highest BCUT2D eigenvalue weighted by atomic mass is 16.5. The molecular weight excluding hydrogens is 358 g/mol. The third kappa shape index (κ3) is 4.71. The molecule has 0 unspecified atom stereocenters. The summed E-state index contributed by atoms with van der Waals surface area (Å²) in [5.74, 6) is 0.713. The summed E-state index contributed by atoms with van der Waals surface area (Å²) in [6.45, 7) is 0.487. The first-order chi connectivity index (χ1) is 14.3. The smallest absolute Gasteiger partial charge is 0.185 e. The van der Waals surface area contributed by atoms with Crippen LogP contribution in [-0.2, 0) is 6.61 Å². The first-order valence-electron chi connectivity index (χ1n) is 9.51. The van der Waals surface area contributed by atoms with Gasteiger partial charge < -0.3 is 9.30 Å². The Balaban J connectivity index is 1.45. The van der Waals surface area contributed by atoms with Gasteiger partial charge in [-0.05, 0) is 60.2 Å². The second kappa shape index (κ2) is 8.89. The third-order valence-corrected chi connectivity index (χ3v) is 4.62. The number of carbonyl (C=O) groups is 1. The van der Waals surface area contributed by atoms with E-state index in [-0.39, 0.29) is 5.78 Å². The van der Waals surface area contributed by atoms with Crippen LogP contribution in [0.4, 0.5) is 0 Å². The van der Waals surface area contributed by atoms with Crippen LogP contribution in [0, 0.1) is 0 Å². The summed E-state index contributed by atoms with van der Waals surface area (Å²) in [7, 11) is 0. The zero-order valence-electron chi connectivity index (χ0n) is 15.9. The zero-order valence-corrected chi connectivity index (χ0v) is 15.9. The fourth-order valence-electron chi connectivity index (χ4n) is 3.05. The normalized spacial score (nSPS) is 10.9. The molecule has 0 bridgehead atoms. The molecule has 1 aromatic heterocycles. The predicted molar refractivity (Wildman–Crippen MR) is 116 cm³/mol. The van der Waals surface area contributed by atoms with Crippen molar-refractivity contribution in [3.63, 3.8) is 0 Å². The Morgan fingerprint density at radius 1 is 0.793 bits per heavy atom. The zero-order chi connectivity index (χ0) is 19.9. The molecular formula is C26H21NO2. The van der Waals surface area contributed by atoms with E-state index in [1.54, 1.807) is 6.08 Å². The molecule has 0 saturated heterocycles. The van der Waals surface area contributed by atoms with Crippen molar-refractivity contribution in [3.8, 4) is 11.4 Å². The number of rotatable bonds is 7. The lowest BCUT2D eigenvalue weighted by Gasteiger charge is -2.09. The van der Waals surface area contributed by atoms with Crippen LogP contribution in [0.5, 0.6) is 5.75 Å². The highest BCUT2D eigenvalue weighted by Gasteiger charge is 2.05. The SMILES string of the molecule is O=C(/C=C/c1ccccc1OCc1ccccc1)c1ccc(-n2cccc2)cc1. The van der Waals surface area contributed by atoms with E-state index in [0.717, 1.165) is 22.6 Å². The Morgan fingerprint density at radius 3 is 2.24 bits per heavy atom. The third-order valence-electron chi connectivity index (χ3n) is 4.62. The molecule has 0 aliphatic carbocycles. The minimum atomic E-state index is -0.0399. The largest absolute Gasteiger partial charge is 0.488 e. The highest BCUT2D eigenvalue weighted by molar-refractivity contribution is 6.07. The number of benzene rings is 3. The van der Waals surface area contributed by atoms with E-state index in [9.17, 15) is 4.79 Å². The first-order valence-corrected chi connectivity index (χ1v) is 9.51. The first kappa shape index (κ1) is 18.5. The maximum absolute atomic E-state index is 12.6. The summed E-state index contributed by atoms with van der Waals surface area (Å²) in [4.78, 5) is 12.6. The lowest BCUT2D eigenvalue weighted by molar-refractivity contribution is 0.104. The molecule has 3 heteroatoms. The number of carbonyl (C=O) groups excluding carboxylic acids is 1. The van der Waals surface area contributed by atoms with Gasteiger partial charge in [-0.15, -0.1) is 0 Å². The van der Waals surface area contributed by atoms with E-state index in [1.165, 1.54) is 0 Å². The van der Waals surface area contributed by atoms with Gasteiger partial charge in [0.2, 0.25) is 0 Å². The molecule has 3 nitrogen and oxygen atoms in total. The molecule has 4 rings (SSSR count). The summed E-state index contributed by atoms with van der Waals surface area (Å²) >= 11 is 0. The average Bonchev–Trinajstić information content (AvgIpc) is 3.32. The quantitative estimate of drug-likeness (QED) is 0.293. The maximum atomic E-state index is 12.6. The molecule has 0 saturated carbocycles.